The van der Waals surface area contributed by atoms with Crippen molar-refractivity contribution in [2.45, 2.75) is 76.9 Å². The van der Waals surface area contributed by atoms with Crippen LogP contribution in [0.15, 0.2) is 18.2 Å². The number of benzene rings is 1. The standard InChI is InChI=1S/C22H36F3NO3/c1-3-5-6-7-8-15-29-20-10-9-18(16-19(20)22(23,24)25)11-12-21(17-28,13-14-27)26-4-2/h9-10,16,26-28H,3-8,11-15,17H2,1-2H3. The molecule has 1 aromatic rings. The average molecular weight is 420 g/mol. The first-order chi connectivity index (χ1) is 13.8. The van der Waals surface area contributed by atoms with Crippen LogP contribution in [0.3, 0.4) is 0 Å². The summed E-state index contributed by atoms with van der Waals surface area (Å²) in [5.74, 6) is -0.132. The maximum atomic E-state index is 13.5. The maximum absolute atomic E-state index is 13.5. The molecule has 0 fully saturated rings. The van der Waals surface area contributed by atoms with Crippen LogP contribution in [0, 0.1) is 0 Å². The van der Waals surface area contributed by atoms with Crippen LogP contribution in [0.5, 0.6) is 5.75 Å². The van der Waals surface area contributed by atoms with Gasteiger partial charge in [-0.1, -0.05) is 45.6 Å². The van der Waals surface area contributed by atoms with Crippen molar-refractivity contribution in [3.63, 3.8) is 0 Å². The van der Waals surface area contributed by atoms with Gasteiger partial charge in [-0.25, -0.2) is 0 Å². The topological polar surface area (TPSA) is 61.7 Å². The highest BCUT2D eigenvalue weighted by molar-refractivity contribution is 5.39. The second-order valence-electron chi connectivity index (χ2n) is 7.53. The third kappa shape index (κ3) is 8.93. The Bertz CT molecular complexity index is 573. The van der Waals surface area contributed by atoms with Gasteiger partial charge in [0.25, 0.3) is 0 Å². The summed E-state index contributed by atoms with van der Waals surface area (Å²) in [5.41, 5.74) is -0.930. The first kappa shape index (κ1) is 25.7. The Labute approximate surface area is 172 Å². The van der Waals surface area contributed by atoms with Crippen molar-refractivity contribution in [2.24, 2.45) is 0 Å². The quantitative estimate of drug-likeness (QED) is 0.360. The number of aliphatic hydroxyl groups excluding tert-OH is 2. The fourth-order valence-corrected chi connectivity index (χ4v) is 3.46. The van der Waals surface area contributed by atoms with Crippen molar-refractivity contribution in [3.8, 4) is 5.75 Å². The first-order valence-corrected chi connectivity index (χ1v) is 10.6. The molecule has 7 heteroatoms. The van der Waals surface area contributed by atoms with Crippen LogP contribution in [0.1, 0.15) is 69.9 Å². The van der Waals surface area contributed by atoms with Crippen LogP contribution in [-0.2, 0) is 12.6 Å². The van der Waals surface area contributed by atoms with Gasteiger partial charge in [0, 0.05) is 12.1 Å². The predicted molar refractivity (Wildman–Crippen MR) is 109 cm³/mol. The van der Waals surface area contributed by atoms with Crippen molar-refractivity contribution < 1.29 is 28.1 Å². The molecular weight excluding hydrogens is 383 g/mol. The highest BCUT2D eigenvalue weighted by atomic mass is 19.4. The van der Waals surface area contributed by atoms with Crippen molar-refractivity contribution in [2.75, 3.05) is 26.4 Å². The molecule has 0 heterocycles. The second-order valence-corrected chi connectivity index (χ2v) is 7.53. The molecule has 0 aliphatic carbocycles. The van der Waals surface area contributed by atoms with E-state index >= 15 is 0 Å². The smallest absolute Gasteiger partial charge is 0.419 e. The third-order valence-electron chi connectivity index (χ3n) is 5.19. The van der Waals surface area contributed by atoms with Crippen molar-refractivity contribution in [1.82, 2.24) is 5.32 Å². The molecular formula is C22H36F3NO3. The molecule has 0 radical (unpaired) electrons. The molecule has 1 rings (SSSR count). The Morgan fingerprint density at radius 3 is 2.31 bits per heavy atom. The van der Waals surface area contributed by atoms with Crippen molar-refractivity contribution in [1.29, 1.82) is 0 Å². The van der Waals surface area contributed by atoms with Crippen LogP contribution in [-0.4, -0.2) is 42.1 Å². The van der Waals surface area contributed by atoms with Gasteiger partial charge in [0.05, 0.1) is 18.8 Å². The van der Waals surface area contributed by atoms with Gasteiger partial charge in [0.2, 0.25) is 0 Å². The number of halogens is 3. The second kappa shape index (κ2) is 13.1. The minimum Gasteiger partial charge on any atom is -0.493 e. The van der Waals surface area contributed by atoms with Gasteiger partial charge in [-0.2, -0.15) is 13.2 Å². The number of rotatable bonds is 15. The van der Waals surface area contributed by atoms with Gasteiger partial charge in [-0.15, -0.1) is 0 Å². The van der Waals surface area contributed by atoms with Gasteiger partial charge in [0.1, 0.15) is 5.75 Å². The van der Waals surface area contributed by atoms with E-state index < -0.39 is 17.3 Å². The fourth-order valence-electron chi connectivity index (χ4n) is 3.46. The summed E-state index contributed by atoms with van der Waals surface area (Å²) < 4.78 is 46.0. The highest BCUT2D eigenvalue weighted by Crippen LogP contribution is 2.37. The van der Waals surface area contributed by atoms with Crippen LogP contribution < -0.4 is 10.1 Å². The zero-order valence-corrected chi connectivity index (χ0v) is 17.7. The van der Waals surface area contributed by atoms with E-state index in [1.165, 1.54) is 6.07 Å². The molecule has 0 saturated heterocycles. The largest absolute Gasteiger partial charge is 0.493 e. The minimum absolute atomic E-state index is 0.105. The van der Waals surface area contributed by atoms with E-state index in [9.17, 15) is 23.4 Å². The number of nitrogens with one attached hydrogen (secondary N) is 1. The lowest BCUT2D eigenvalue weighted by molar-refractivity contribution is -0.139. The number of aliphatic hydroxyl groups is 2. The third-order valence-corrected chi connectivity index (χ3v) is 5.19. The van der Waals surface area contributed by atoms with Crippen molar-refractivity contribution in [3.05, 3.63) is 29.3 Å². The van der Waals surface area contributed by atoms with E-state index in [0.717, 1.165) is 38.2 Å². The van der Waals surface area contributed by atoms with E-state index in [1.807, 2.05) is 6.92 Å². The molecule has 29 heavy (non-hydrogen) atoms. The van der Waals surface area contributed by atoms with Crippen molar-refractivity contribution >= 4 is 0 Å². The number of alkyl halides is 3. The van der Waals surface area contributed by atoms with Gasteiger partial charge >= 0.3 is 6.18 Å². The molecule has 3 N–H and O–H groups in total. The number of hydrogen-bond acceptors (Lipinski definition) is 4. The average Bonchev–Trinajstić information content (AvgIpc) is 2.69. The molecule has 168 valence electrons. The summed E-state index contributed by atoms with van der Waals surface area (Å²) in [6, 6.07) is 4.18. The number of aryl methyl sites for hydroxylation is 1. The van der Waals surface area contributed by atoms with Gasteiger partial charge in [-0.3, -0.25) is 0 Å². The SMILES string of the molecule is CCCCCCCOc1ccc(CCC(CO)(CCO)NCC)cc1C(F)(F)F. The molecule has 0 aromatic heterocycles. The number of ether oxygens (including phenoxy) is 1. The minimum atomic E-state index is -4.49. The molecule has 0 saturated carbocycles. The van der Waals surface area contributed by atoms with E-state index in [-0.39, 0.29) is 25.6 Å². The summed E-state index contributed by atoms with van der Waals surface area (Å²) >= 11 is 0. The molecule has 1 atom stereocenters. The van der Waals surface area contributed by atoms with E-state index in [2.05, 4.69) is 12.2 Å². The fraction of sp³-hybridized carbons (Fsp3) is 0.727. The molecule has 0 aliphatic heterocycles. The van der Waals surface area contributed by atoms with Crippen LogP contribution >= 0.6 is 0 Å². The lowest BCUT2D eigenvalue weighted by atomic mass is 9.88. The Kier molecular flexibility index (Phi) is 11.6. The Morgan fingerprint density at radius 2 is 1.72 bits per heavy atom. The normalized spacial score (nSPS) is 14.0. The van der Waals surface area contributed by atoms with Gasteiger partial charge in [-0.05, 0) is 49.9 Å². The maximum Gasteiger partial charge on any atom is 0.419 e. The van der Waals surface area contributed by atoms with E-state index in [4.69, 9.17) is 4.74 Å². The lowest BCUT2D eigenvalue weighted by Crippen LogP contribution is -2.49. The molecule has 0 spiro atoms. The summed E-state index contributed by atoms with van der Waals surface area (Å²) in [6.45, 7) is 4.58. The zero-order chi connectivity index (χ0) is 21.8. The summed E-state index contributed by atoms with van der Waals surface area (Å²) in [5, 5.41) is 22.2. The summed E-state index contributed by atoms with van der Waals surface area (Å²) in [4.78, 5) is 0. The Balaban J connectivity index is 2.82. The van der Waals surface area contributed by atoms with Crippen LogP contribution in [0.2, 0.25) is 0 Å². The Hall–Kier alpha value is -1.31. The molecule has 1 unspecified atom stereocenters. The predicted octanol–water partition coefficient (Wildman–Crippen LogP) is 4.71. The lowest BCUT2D eigenvalue weighted by Gasteiger charge is -2.32. The van der Waals surface area contributed by atoms with E-state index in [1.54, 1.807) is 6.07 Å². The summed E-state index contributed by atoms with van der Waals surface area (Å²) in [6.07, 6.45) is 1.62. The number of unbranched alkanes of at least 4 members (excludes halogenated alkanes) is 4. The highest BCUT2D eigenvalue weighted by Gasteiger charge is 2.35. The number of hydrogen-bond donors (Lipinski definition) is 3. The molecule has 0 bridgehead atoms. The van der Waals surface area contributed by atoms with Crippen LogP contribution in [0.25, 0.3) is 0 Å². The zero-order valence-electron chi connectivity index (χ0n) is 17.7. The monoisotopic (exact) mass is 419 g/mol. The van der Waals surface area contributed by atoms with Gasteiger partial charge in [0.15, 0.2) is 0 Å². The summed E-state index contributed by atoms with van der Waals surface area (Å²) in [7, 11) is 0. The molecule has 0 aliphatic rings. The van der Waals surface area contributed by atoms with Gasteiger partial charge < -0.3 is 20.3 Å². The molecule has 0 amide bonds. The Morgan fingerprint density at radius 1 is 1.00 bits per heavy atom. The van der Waals surface area contributed by atoms with Crippen LogP contribution in [0.4, 0.5) is 13.2 Å². The number of likely N-dealkylation sites (N-methyl/N-ethyl adjacent to an activating group) is 1. The first-order valence-electron chi connectivity index (χ1n) is 10.6. The molecule has 1 aromatic carbocycles. The molecule has 4 nitrogen and oxygen atoms in total. The van der Waals surface area contributed by atoms with E-state index in [0.29, 0.717) is 31.4 Å².